The maximum Gasteiger partial charge on any atom is 0.407 e. The number of rotatable bonds is 4. The fraction of sp³-hybridized carbons (Fsp3) is 0.440. The van der Waals surface area contributed by atoms with Crippen molar-refractivity contribution < 1.29 is 14.3 Å². The Morgan fingerprint density at radius 3 is 2.51 bits per heavy atom. The molecule has 0 saturated carbocycles. The van der Waals surface area contributed by atoms with Gasteiger partial charge >= 0.3 is 6.09 Å². The van der Waals surface area contributed by atoms with Gasteiger partial charge in [-0.05, 0) is 37.5 Å². The van der Waals surface area contributed by atoms with E-state index in [0.717, 1.165) is 0 Å². The number of carbonyl (C=O) groups is 1. The lowest BCUT2D eigenvalue weighted by Crippen LogP contribution is -2.59. The molecule has 186 valence electrons. The van der Waals surface area contributed by atoms with Gasteiger partial charge in [-0.25, -0.2) is 14.2 Å². The van der Waals surface area contributed by atoms with Gasteiger partial charge in [0.05, 0.1) is 16.3 Å². The molecule has 1 aromatic heterocycles. The highest BCUT2D eigenvalue weighted by Crippen LogP contribution is 2.33. The molecule has 0 radical (unpaired) electrons. The molecule has 8 nitrogen and oxygen atoms in total. The summed E-state index contributed by atoms with van der Waals surface area (Å²) in [5.41, 5.74) is 0.929. The van der Waals surface area contributed by atoms with E-state index in [9.17, 15) is 19.6 Å². The van der Waals surface area contributed by atoms with Crippen LogP contribution in [0.4, 0.5) is 15.0 Å². The molecule has 10 heteroatoms. The van der Waals surface area contributed by atoms with Gasteiger partial charge in [0.15, 0.2) is 5.84 Å². The zero-order valence-electron chi connectivity index (χ0n) is 20.5. The second-order valence-corrected chi connectivity index (χ2v) is 10.3. The predicted octanol–water partition coefficient (Wildman–Crippen LogP) is 5.30. The van der Waals surface area contributed by atoms with Crippen LogP contribution >= 0.6 is 11.6 Å². The molecular formula is C25H30ClFN6O2. The number of pyridine rings is 1. The van der Waals surface area contributed by atoms with Gasteiger partial charge < -0.3 is 20.2 Å². The van der Waals surface area contributed by atoms with Crippen LogP contribution in [0.2, 0.25) is 5.02 Å². The first-order valence-corrected chi connectivity index (χ1v) is 11.7. The molecule has 2 heterocycles. The fourth-order valence-corrected chi connectivity index (χ4v) is 4.25. The van der Waals surface area contributed by atoms with Crippen molar-refractivity contribution in [2.24, 2.45) is 10.4 Å². The molecule has 0 unspecified atom stereocenters. The third-order valence-corrected chi connectivity index (χ3v) is 6.08. The van der Waals surface area contributed by atoms with Crippen LogP contribution in [-0.4, -0.2) is 63.5 Å². The van der Waals surface area contributed by atoms with Crippen molar-refractivity contribution in [1.29, 1.82) is 5.26 Å². The first-order valence-electron chi connectivity index (χ1n) is 11.4. The van der Waals surface area contributed by atoms with E-state index in [0.29, 0.717) is 30.3 Å². The Labute approximate surface area is 210 Å². The van der Waals surface area contributed by atoms with E-state index in [2.05, 4.69) is 36.1 Å². The third-order valence-electron chi connectivity index (χ3n) is 5.79. The molecule has 0 spiro atoms. The summed E-state index contributed by atoms with van der Waals surface area (Å²) in [6.45, 7) is 11.0. The zero-order chi connectivity index (χ0) is 25.9. The average molecular weight is 501 g/mol. The molecule has 1 aromatic carbocycles. The second-order valence-electron chi connectivity index (χ2n) is 9.93. The Morgan fingerprint density at radius 1 is 1.29 bits per heavy atom. The standard InChI is InChI=1S/C25H30ClFN6O2/c1-15-12-33(24(34)35)16(2)11-32(15)23(30-14-28)18-10-19(26)21(17-8-6-7-9-20(17)27)31-22(18)29-13-25(3,4)5/h6-10,15-16H,11-13H2,1-5H3,(H,29,31)(H,34,35)/t15-,16+/m0/s1. The molecule has 35 heavy (non-hydrogen) atoms. The summed E-state index contributed by atoms with van der Waals surface area (Å²) in [5.74, 6) is 0.300. The van der Waals surface area contributed by atoms with E-state index in [4.69, 9.17) is 11.6 Å². The lowest BCUT2D eigenvalue weighted by molar-refractivity contribution is 0.0751. The van der Waals surface area contributed by atoms with Crippen molar-refractivity contribution >= 4 is 29.3 Å². The Morgan fingerprint density at radius 2 is 1.91 bits per heavy atom. The van der Waals surface area contributed by atoms with E-state index >= 15 is 0 Å². The molecule has 2 atom stereocenters. The van der Waals surface area contributed by atoms with Gasteiger partial charge in [0, 0.05) is 37.3 Å². The van der Waals surface area contributed by atoms with Crippen LogP contribution in [0.25, 0.3) is 11.3 Å². The number of piperazine rings is 1. The van der Waals surface area contributed by atoms with Gasteiger partial charge in [-0.15, -0.1) is 0 Å². The van der Waals surface area contributed by atoms with Crippen molar-refractivity contribution in [3.05, 3.63) is 46.7 Å². The van der Waals surface area contributed by atoms with Gasteiger partial charge in [0.2, 0.25) is 6.19 Å². The van der Waals surface area contributed by atoms with Crippen molar-refractivity contribution in [1.82, 2.24) is 14.8 Å². The number of nitrogens with zero attached hydrogens (tertiary/aromatic N) is 5. The van der Waals surface area contributed by atoms with Crippen LogP contribution in [0.15, 0.2) is 35.3 Å². The highest BCUT2D eigenvalue weighted by molar-refractivity contribution is 6.33. The summed E-state index contributed by atoms with van der Waals surface area (Å²) < 4.78 is 14.6. The van der Waals surface area contributed by atoms with Gasteiger partial charge in [-0.1, -0.05) is 44.5 Å². The van der Waals surface area contributed by atoms with E-state index in [1.807, 2.05) is 24.9 Å². The minimum absolute atomic E-state index is 0.0990. The summed E-state index contributed by atoms with van der Waals surface area (Å²) in [5, 5.41) is 22.6. The first-order chi connectivity index (χ1) is 16.4. The fourth-order valence-electron chi connectivity index (χ4n) is 4.00. The summed E-state index contributed by atoms with van der Waals surface area (Å²) >= 11 is 6.61. The van der Waals surface area contributed by atoms with Crippen LogP contribution in [-0.2, 0) is 0 Å². The number of halogens is 2. The average Bonchev–Trinajstić information content (AvgIpc) is 2.78. The molecule has 3 rings (SSSR count). The van der Waals surface area contributed by atoms with E-state index in [-0.39, 0.29) is 40.3 Å². The first kappa shape index (κ1) is 26.2. The van der Waals surface area contributed by atoms with Crippen LogP contribution < -0.4 is 5.32 Å². The number of nitriles is 1. The second kappa shape index (κ2) is 10.5. The molecule has 1 saturated heterocycles. The zero-order valence-corrected chi connectivity index (χ0v) is 21.3. The van der Waals surface area contributed by atoms with Crippen molar-refractivity contribution in [3.8, 4) is 17.5 Å². The van der Waals surface area contributed by atoms with Gasteiger partial charge in [-0.3, -0.25) is 0 Å². The number of aromatic nitrogens is 1. The highest BCUT2D eigenvalue weighted by atomic mass is 35.5. The largest absolute Gasteiger partial charge is 0.465 e. The number of hydrogen-bond acceptors (Lipinski definition) is 5. The molecule has 2 aromatic rings. The summed E-state index contributed by atoms with van der Waals surface area (Å²) in [7, 11) is 0. The van der Waals surface area contributed by atoms with Crippen molar-refractivity contribution in [2.75, 3.05) is 25.0 Å². The molecule has 1 fully saturated rings. The molecule has 2 N–H and O–H groups in total. The number of amidine groups is 1. The Bertz CT molecular complexity index is 1170. The van der Waals surface area contributed by atoms with E-state index in [1.165, 1.54) is 11.0 Å². The van der Waals surface area contributed by atoms with Crippen LogP contribution in [0.1, 0.15) is 40.2 Å². The van der Waals surface area contributed by atoms with E-state index < -0.39 is 11.9 Å². The predicted molar refractivity (Wildman–Crippen MR) is 135 cm³/mol. The summed E-state index contributed by atoms with van der Waals surface area (Å²) in [6, 6.07) is 7.32. The summed E-state index contributed by atoms with van der Waals surface area (Å²) in [4.78, 5) is 23.7. The SMILES string of the molecule is C[C@@H]1CN(C(=NC#N)c2cc(Cl)c(-c3ccccc3F)nc2NCC(C)(C)C)[C@@H](C)CN1C(=O)O. The third kappa shape index (κ3) is 6.01. The quantitative estimate of drug-likeness (QED) is 0.335. The Kier molecular flexibility index (Phi) is 7.86. The van der Waals surface area contributed by atoms with E-state index in [1.54, 1.807) is 24.3 Å². The molecule has 1 aliphatic rings. The number of hydrogen-bond donors (Lipinski definition) is 2. The van der Waals surface area contributed by atoms with Crippen molar-refractivity contribution in [2.45, 2.75) is 46.7 Å². The van der Waals surface area contributed by atoms with Gasteiger partial charge in [-0.2, -0.15) is 10.3 Å². The maximum atomic E-state index is 14.6. The van der Waals surface area contributed by atoms with Gasteiger partial charge in [0.25, 0.3) is 0 Å². The molecule has 1 amide bonds. The molecule has 0 bridgehead atoms. The normalized spacial score (nSPS) is 18.9. The van der Waals surface area contributed by atoms with Crippen LogP contribution in [0, 0.1) is 22.7 Å². The van der Waals surface area contributed by atoms with Crippen LogP contribution in [0.5, 0.6) is 0 Å². The molecular weight excluding hydrogens is 471 g/mol. The topological polar surface area (TPSA) is 105 Å². The number of amides is 1. The Balaban J connectivity index is 2.13. The maximum absolute atomic E-state index is 14.6. The van der Waals surface area contributed by atoms with Crippen LogP contribution in [0.3, 0.4) is 0 Å². The number of anilines is 1. The number of benzene rings is 1. The monoisotopic (exact) mass is 500 g/mol. The smallest absolute Gasteiger partial charge is 0.407 e. The number of nitrogens with one attached hydrogen (secondary N) is 1. The summed E-state index contributed by atoms with van der Waals surface area (Å²) in [6.07, 6.45) is 0.874. The Hall–Kier alpha value is -3.38. The molecule has 0 aliphatic carbocycles. The number of carboxylic acid groups (broad SMARTS) is 1. The van der Waals surface area contributed by atoms with Gasteiger partial charge in [0.1, 0.15) is 11.6 Å². The lowest BCUT2D eigenvalue weighted by Gasteiger charge is -2.44. The van der Waals surface area contributed by atoms with Crippen molar-refractivity contribution in [3.63, 3.8) is 0 Å². The minimum Gasteiger partial charge on any atom is -0.465 e. The lowest BCUT2D eigenvalue weighted by atomic mass is 9.97. The minimum atomic E-state index is -0.991. The number of aliphatic imine (C=N–C) groups is 1. The molecule has 1 aliphatic heterocycles. The highest BCUT2D eigenvalue weighted by Gasteiger charge is 2.35.